The van der Waals surface area contributed by atoms with Gasteiger partial charge in [-0.05, 0) is 94.2 Å². The highest BCUT2D eigenvalue weighted by Gasteiger charge is 2.52. The highest BCUT2D eigenvalue weighted by atomic mass is 32.2. The van der Waals surface area contributed by atoms with E-state index >= 15 is 0 Å². The molecular weight excluding hydrogens is 572 g/mol. The maximum atomic E-state index is 14.6. The first-order valence-corrected chi connectivity index (χ1v) is 16.4. The SMILES string of the molecule is CC(C)N(C1CCC2=Cc3c(cnn3-c3ccc(F)cc3)CC2(C(=O)c2ncc(C3CC3)s2)C1)S(=O)c1cnn(C)c1. The fraction of sp³-hybridized carbons (Fsp3) is 0.419. The summed E-state index contributed by atoms with van der Waals surface area (Å²) in [6, 6.07) is 6.21. The number of benzene rings is 1. The Balaban J connectivity index is 1.29. The van der Waals surface area contributed by atoms with Gasteiger partial charge in [0.05, 0.1) is 34.1 Å². The molecule has 3 atom stereocenters. The number of aromatic nitrogens is 5. The number of carbonyl (C=O) groups excluding carboxylic acids is 1. The number of Topliss-reactive ketones (excluding diaryl/α,β-unsaturated/α-hetero) is 1. The molecule has 7 rings (SSSR count). The van der Waals surface area contributed by atoms with Gasteiger partial charge in [-0.15, -0.1) is 11.3 Å². The van der Waals surface area contributed by atoms with E-state index in [4.69, 9.17) is 0 Å². The van der Waals surface area contributed by atoms with Crippen LogP contribution in [0.2, 0.25) is 0 Å². The highest BCUT2D eigenvalue weighted by Crippen LogP contribution is 2.52. The van der Waals surface area contributed by atoms with Crippen molar-refractivity contribution in [3.63, 3.8) is 0 Å². The summed E-state index contributed by atoms with van der Waals surface area (Å²) in [4.78, 5) is 21.1. The molecule has 11 heteroatoms. The third kappa shape index (κ3) is 4.71. The molecule has 3 aliphatic carbocycles. The number of carbonyl (C=O) groups is 1. The molecule has 2 fully saturated rings. The number of fused-ring (bicyclic) bond motifs is 2. The van der Waals surface area contributed by atoms with Crippen LogP contribution in [0.3, 0.4) is 0 Å². The predicted molar refractivity (Wildman–Crippen MR) is 160 cm³/mol. The van der Waals surface area contributed by atoms with Gasteiger partial charge in [-0.25, -0.2) is 22.6 Å². The summed E-state index contributed by atoms with van der Waals surface area (Å²) in [5, 5.41) is 9.47. The van der Waals surface area contributed by atoms with Crippen molar-refractivity contribution in [1.82, 2.24) is 28.9 Å². The lowest BCUT2D eigenvalue weighted by Crippen LogP contribution is -2.51. The third-order valence-corrected chi connectivity index (χ3v) is 11.7. The smallest absolute Gasteiger partial charge is 0.201 e. The molecular formula is C31H33FN6O2S2. The van der Waals surface area contributed by atoms with Crippen molar-refractivity contribution in [2.24, 2.45) is 12.5 Å². The molecule has 0 saturated heterocycles. The van der Waals surface area contributed by atoms with Crippen LogP contribution in [-0.2, 0) is 24.5 Å². The molecule has 4 aromatic rings. The standard InChI is InChI=1S/C31H33FN6O2S2/c1-19(2)38(42(40)26-16-34-36(3)18-26)25-9-6-22-12-27-21(15-35-37(27)24-10-7-23(32)8-11-24)13-31(22,14-25)29(39)30-33-17-28(41-30)20-4-5-20/h7-8,10-12,15-20,25H,4-6,9,13-14H2,1-3H3. The average molecular weight is 605 g/mol. The summed E-state index contributed by atoms with van der Waals surface area (Å²) in [6.07, 6.45) is 14.1. The number of thiazole rings is 1. The first-order chi connectivity index (χ1) is 20.2. The second-order valence-electron chi connectivity index (χ2n) is 12.0. The number of halogens is 1. The lowest BCUT2D eigenvalue weighted by atomic mass is 9.61. The lowest BCUT2D eigenvalue weighted by molar-refractivity contribution is 0.0732. The molecule has 0 N–H and O–H groups in total. The van der Waals surface area contributed by atoms with E-state index in [1.165, 1.54) is 28.3 Å². The predicted octanol–water partition coefficient (Wildman–Crippen LogP) is 5.87. The van der Waals surface area contributed by atoms with Gasteiger partial charge in [0.2, 0.25) is 5.78 Å². The van der Waals surface area contributed by atoms with E-state index in [1.807, 2.05) is 24.1 Å². The maximum absolute atomic E-state index is 14.6. The summed E-state index contributed by atoms with van der Waals surface area (Å²) in [7, 11) is 0.402. The van der Waals surface area contributed by atoms with E-state index in [-0.39, 0.29) is 23.7 Å². The van der Waals surface area contributed by atoms with Crippen molar-refractivity contribution < 1.29 is 13.4 Å². The Kier molecular flexibility index (Phi) is 6.86. The van der Waals surface area contributed by atoms with Gasteiger partial charge in [0.25, 0.3) is 0 Å². The number of hydrogen-bond donors (Lipinski definition) is 0. The van der Waals surface area contributed by atoms with Crippen LogP contribution in [0.1, 0.15) is 77.8 Å². The summed E-state index contributed by atoms with van der Waals surface area (Å²) in [6.45, 7) is 4.12. The number of ketones is 1. The van der Waals surface area contributed by atoms with Crippen molar-refractivity contribution >= 4 is 34.2 Å². The van der Waals surface area contributed by atoms with Crippen LogP contribution in [0, 0.1) is 11.2 Å². The molecule has 0 spiro atoms. The highest BCUT2D eigenvalue weighted by molar-refractivity contribution is 7.82. The van der Waals surface area contributed by atoms with Crippen LogP contribution >= 0.6 is 11.3 Å². The molecule has 1 aromatic carbocycles. The minimum Gasteiger partial charge on any atom is -0.290 e. The summed E-state index contributed by atoms with van der Waals surface area (Å²) >= 11 is 1.53. The largest absolute Gasteiger partial charge is 0.290 e. The van der Waals surface area contributed by atoms with Gasteiger partial charge in [-0.1, -0.05) is 5.57 Å². The van der Waals surface area contributed by atoms with E-state index in [0.717, 1.165) is 41.8 Å². The maximum Gasteiger partial charge on any atom is 0.201 e. The monoisotopic (exact) mass is 604 g/mol. The zero-order valence-corrected chi connectivity index (χ0v) is 25.5. The first-order valence-electron chi connectivity index (χ1n) is 14.5. The fourth-order valence-electron chi connectivity index (χ4n) is 6.60. The quantitative estimate of drug-likeness (QED) is 0.235. The number of aryl methyl sites for hydroxylation is 1. The minimum absolute atomic E-state index is 0.00423. The Labute approximate surface area is 250 Å². The first kappa shape index (κ1) is 27.5. The molecule has 2 saturated carbocycles. The van der Waals surface area contributed by atoms with Gasteiger partial charge >= 0.3 is 0 Å². The molecule has 42 heavy (non-hydrogen) atoms. The lowest BCUT2D eigenvalue weighted by Gasteiger charge is -2.47. The summed E-state index contributed by atoms with van der Waals surface area (Å²) in [5.41, 5.74) is 2.93. The van der Waals surface area contributed by atoms with Gasteiger partial charge in [0.1, 0.15) is 16.8 Å². The number of nitrogens with zero attached hydrogens (tertiary/aromatic N) is 6. The number of rotatable bonds is 8. The Morgan fingerprint density at radius 1 is 1.14 bits per heavy atom. The Morgan fingerprint density at radius 2 is 1.93 bits per heavy atom. The molecule has 0 aliphatic heterocycles. The van der Waals surface area contributed by atoms with Crippen LogP contribution in [-0.4, -0.2) is 50.9 Å². The molecule has 3 heterocycles. The number of allylic oxidation sites excluding steroid dienone is 1. The molecule has 3 aromatic heterocycles. The Hall–Kier alpha value is -3.28. The molecule has 3 unspecified atom stereocenters. The minimum atomic E-state index is -1.42. The fourth-order valence-corrected chi connectivity index (χ4v) is 9.18. The van der Waals surface area contributed by atoms with Gasteiger partial charge in [0, 0.05) is 36.4 Å². The van der Waals surface area contributed by atoms with E-state index in [2.05, 4.69) is 39.4 Å². The summed E-state index contributed by atoms with van der Waals surface area (Å²) < 4.78 is 33.1. The molecule has 218 valence electrons. The van der Waals surface area contributed by atoms with Crippen molar-refractivity contribution in [3.05, 3.63) is 81.6 Å². The number of hydrogen-bond acceptors (Lipinski definition) is 6. The van der Waals surface area contributed by atoms with E-state index in [0.29, 0.717) is 35.1 Å². The topological polar surface area (TPSA) is 85.9 Å². The van der Waals surface area contributed by atoms with Crippen LogP contribution in [0.5, 0.6) is 0 Å². The van der Waals surface area contributed by atoms with Crippen molar-refractivity contribution in [2.75, 3.05) is 0 Å². The third-order valence-electron chi connectivity index (χ3n) is 8.78. The van der Waals surface area contributed by atoms with E-state index < -0.39 is 16.4 Å². The van der Waals surface area contributed by atoms with Gasteiger partial charge in [-0.3, -0.25) is 9.48 Å². The zero-order chi connectivity index (χ0) is 29.2. The van der Waals surface area contributed by atoms with E-state index in [1.54, 1.807) is 29.2 Å². The average Bonchev–Trinajstić information content (AvgIpc) is 3.34. The molecule has 8 nitrogen and oxygen atoms in total. The van der Waals surface area contributed by atoms with Gasteiger partial charge < -0.3 is 0 Å². The van der Waals surface area contributed by atoms with Crippen molar-refractivity contribution in [2.45, 2.75) is 75.3 Å². The van der Waals surface area contributed by atoms with Crippen molar-refractivity contribution in [1.29, 1.82) is 0 Å². The van der Waals surface area contributed by atoms with Crippen LogP contribution < -0.4 is 0 Å². The van der Waals surface area contributed by atoms with Crippen LogP contribution in [0.4, 0.5) is 4.39 Å². The van der Waals surface area contributed by atoms with Gasteiger partial charge in [-0.2, -0.15) is 10.2 Å². The summed E-state index contributed by atoms with van der Waals surface area (Å²) in [5.74, 6) is 0.278. The molecule has 0 bridgehead atoms. The Bertz CT molecular complexity index is 1720. The van der Waals surface area contributed by atoms with Gasteiger partial charge in [0.15, 0.2) is 5.01 Å². The zero-order valence-electron chi connectivity index (χ0n) is 23.9. The second kappa shape index (κ2) is 10.5. The van der Waals surface area contributed by atoms with Crippen LogP contribution in [0.25, 0.3) is 11.8 Å². The molecule has 3 aliphatic rings. The molecule has 0 radical (unpaired) electrons. The normalized spacial score (nSPS) is 22.6. The molecule has 0 amide bonds. The van der Waals surface area contributed by atoms with Crippen LogP contribution in [0.15, 0.2) is 59.5 Å². The van der Waals surface area contributed by atoms with E-state index in [9.17, 15) is 13.4 Å². The van der Waals surface area contributed by atoms with Crippen molar-refractivity contribution in [3.8, 4) is 5.69 Å². The Morgan fingerprint density at radius 3 is 2.62 bits per heavy atom. The second-order valence-corrected chi connectivity index (χ2v) is 14.4.